The Bertz CT molecular complexity index is 321. The molecular weight excluding hydrogens is 197 g/mol. The molecule has 4 heteroatoms. The topological polar surface area (TPSA) is 25.4 Å². The molecule has 0 amide bonds. The van der Waals surface area contributed by atoms with Crippen LogP contribution in [0.5, 0.6) is 0 Å². The van der Waals surface area contributed by atoms with Gasteiger partial charge in [0.25, 0.3) is 0 Å². The predicted octanol–water partition coefficient (Wildman–Crippen LogP) is 1.53. The molecule has 1 aliphatic heterocycles. The molecule has 0 aliphatic carbocycles. The van der Waals surface area contributed by atoms with Gasteiger partial charge in [0.05, 0.1) is 20.8 Å². The van der Waals surface area contributed by atoms with Gasteiger partial charge in [0.2, 0.25) is 5.95 Å². The van der Waals surface area contributed by atoms with Crippen LogP contribution in [0.4, 0.5) is 4.39 Å². The number of pyridine rings is 1. The number of nitrogens with zero attached hydrogens (tertiary/aromatic N) is 1. The normalized spacial score (nSPS) is 20.9. The van der Waals surface area contributed by atoms with Crippen molar-refractivity contribution in [2.24, 2.45) is 0 Å². The molecule has 1 atom stereocenters. The number of epoxide rings is 1. The van der Waals surface area contributed by atoms with Crippen LogP contribution in [0.15, 0.2) is 18.3 Å². The molecule has 1 aromatic heterocycles. The highest BCUT2D eigenvalue weighted by Crippen LogP contribution is 2.22. The minimum Gasteiger partial charge on any atom is -0.373 e. The van der Waals surface area contributed by atoms with Gasteiger partial charge in [-0.05, 0) is 17.3 Å². The van der Waals surface area contributed by atoms with E-state index in [4.69, 9.17) is 4.74 Å². The van der Waals surface area contributed by atoms with Crippen LogP contribution in [0.3, 0.4) is 0 Å². The highest BCUT2D eigenvalue weighted by atomic mass is 28.3. The van der Waals surface area contributed by atoms with Crippen molar-refractivity contribution in [3.05, 3.63) is 24.3 Å². The van der Waals surface area contributed by atoms with Gasteiger partial charge in [-0.15, -0.1) is 0 Å². The Morgan fingerprint density at radius 3 is 2.79 bits per heavy atom. The van der Waals surface area contributed by atoms with E-state index in [9.17, 15) is 4.39 Å². The lowest BCUT2D eigenvalue weighted by Crippen LogP contribution is -2.42. The van der Waals surface area contributed by atoms with E-state index in [0.29, 0.717) is 6.10 Å². The summed E-state index contributed by atoms with van der Waals surface area (Å²) in [7, 11) is -1.46. The summed E-state index contributed by atoms with van der Waals surface area (Å²) in [6, 6.07) is 4.41. The van der Waals surface area contributed by atoms with Crippen LogP contribution in [0.25, 0.3) is 0 Å². The molecule has 0 radical (unpaired) electrons. The lowest BCUT2D eigenvalue weighted by atomic mass is 10.5. The molecule has 2 nitrogen and oxygen atoms in total. The molecule has 1 aromatic rings. The lowest BCUT2D eigenvalue weighted by molar-refractivity contribution is 0.421. The van der Waals surface area contributed by atoms with E-state index < -0.39 is 14.0 Å². The Kier molecular flexibility index (Phi) is 2.41. The minimum atomic E-state index is -1.46. The third-order valence-corrected chi connectivity index (χ3v) is 5.98. The summed E-state index contributed by atoms with van der Waals surface area (Å²) in [5.74, 6) is -0.402. The number of hydrogen-bond donors (Lipinski definition) is 0. The second-order valence-electron chi connectivity index (χ2n) is 4.41. The van der Waals surface area contributed by atoms with Gasteiger partial charge in [-0.1, -0.05) is 19.2 Å². The van der Waals surface area contributed by atoms with E-state index in [0.717, 1.165) is 12.7 Å². The van der Waals surface area contributed by atoms with Crippen molar-refractivity contribution in [2.45, 2.75) is 25.2 Å². The third-order valence-electron chi connectivity index (χ3n) is 2.65. The number of halogens is 1. The van der Waals surface area contributed by atoms with Gasteiger partial charge >= 0.3 is 0 Å². The fraction of sp³-hybridized carbons (Fsp3) is 0.500. The SMILES string of the molecule is C[Si](C)(CC1CO1)c1ccc(F)nc1. The van der Waals surface area contributed by atoms with Crippen molar-refractivity contribution >= 4 is 13.3 Å². The van der Waals surface area contributed by atoms with Crippen molar-refractivity contribution in [3.63, 3.8) is 0 Å². The van der Waals surface area contributed by atoms with Gasteiger partial charge in [-0.25, -0.2) is 4.98 Å². The maximum Gasteiger partial charge on any atom is 0.212 e. The van der Waals surface area contributed by atoms with Crippen LogP contribution in [0.2, 0.25) is 19.1 Å². The Balaban J connectivity index is 2.14. The molecule has 1 unspecified atom stereocenters. The number of rotatable bonds is 3. The van der Waals surface area contributed by atoms with Crippen LogP contribution < -0.4 is 5.19 Å². The van der Waals surface area contributed by atoms with Crippen molar-refractivity contribution < 1.29 is 9.13 Å². The van der Waals surface area contributed by atoms with E-state index >= 15 is 0 Å². The highest BCUT2D eigenvalue weighted by Gasteiger charge is 2.34. The molecule has 1 aliphatic rings. The largest absolute Gasteiger partial charge is 0.373 e. The van der Waals surface area contributed by atoms with E-state index in [1.807, 2.05) is 6.07 Å². The zero-order chi connectivity index (χ0) is 10.2. The number of hydrogen-bond acceptors (Lipinski definition) is 2. The highest BCUT2D eigenvalue weighted by molar-refractivity contribution is 6.89. The first kappa shape index (κ1) is 9.80. The van der Waals surface area contributed by atoms with E-state index in [2.05, 4.69) is 18.1 Å². The smallest absolute Gasteiger partial charge is 0.212 e. The summed E-state index contributed by atoms with van der Waals surface area (Å²) in [5.41, 5.74) is 0. The fourth-order valence-electron chi connectivity index (χ4n) is 1.65. The first-order valence-corrected chi connectivity index (χ1v) is 8.02. The molecule has 14 heavy (non-hydrogen) atoms. The van der Waals surface area contributed by atoms with Crippen LogP contribution >= 0.6 is 0 Å². The van der Waals surface area contributed by atoms with Crippen molar-refractivity contribution in [1.82, 2.24) is 4.98 Å². The van der Waals surface area contributed by atoms with Gasteiger partial charge in [0, 0.05) is 6.20 Å². The average molecular weight is 211 g/mol. The van der Waals surface area contributed by atoms with Gasteiger partial charge in [0.15, 0.2) is 0 Å². The molecule has 1 fully saturated rings. The number of ether oxygens (including phenoxy) is 1. The third kappa shape index (κ3) is 2.19. The molecule has 0 N–H and O–H groups in total. The van der Waals surface area contributed by atoms with Crippen molar-refractivity contribution in [1.29, 1.82) is 0 Å². The Labute approximate surface area is 84.1 Å². The van der Waals surface area contributed by atoms with Crippen molar-refractivity contribution in [2.75, 3.05) is 6.61 Å². The van der Waals surface area contributed by atoms with E-state index in [-0.39, 0.29) is 0 Å². The number of aromatic nitrogens is 1. The lowest BCUT2D eigenvalue weighted by Gasteiger charge is -2.21. The Morgan fingerprint density at radius 1 is 1.57 bits per heavy atom. The molecule has 76 valence electrons. The first-order chi connectivity index (χ1) is 6.58. The fourth-order valence-corrected chi connectivity index (χ4v) is 4.21. The van der Waals surface area contributed by atoms with E-state index in [1.54, 1.807) is 6.20 Å². The molecule has 0 bridgehead atoms. The summed E-state index contributed by atoms with van der Waals surface area (Å²) in [6.07, 6.45) is 2.12. The van der Waals surface area contributed by atoms with Crippen molar-refractivity contribution in [3.8, 4) is 0 Å². The molecule has 2 rings (SSSR count). The molecule has 1 saturated heterocycles. The summed E-state index contributed by atoms with van der Waals surface area (Å²) >= 11 is 0. The molecule has 0 spiro atoms. The van der Waals surface area contributed by atoms with Crippen LogP contribution in [0, 0.1) is 5.95 Å². The first-order valence-electron chi connectivity index (χ1n) is 4.81. The second kappa shape index (κ2) is 3.44. The second-order valence-corrected chi connectivity index (χ2v) is 9.17. The summed E-state index contributed by atoms with van der Waals surface area (Å²) < 4.78 is 17.9. The van der Waals surface area contributed by atoms with Gasteiger partial charge in [-0.2, -0.15) is 4.39 Å². The predicted molar refractivity (Wildman–Crippen MR) is 55.9 cm³/mol. The standard InChI is InChI=1S/C10H14FNOSi/c1-14(2,7-8-6-13-8)9-3-4-10(11)12-5-9/h3-5,8H,6-7H2,1-2H3. The summed E-state index contributed by atoms with van der Waals surface area (Å²) in [6.45, 7) is 5.43. The van der Waals surface area contributed by atoms with Crippen LogP contribution in [-0.2, 0) is 4.74 Å². The maximum atomic E-state index is 12.6. The quantitative estimate of drug-likeness (QED) is 0.430. The van der Waals surface area contributed by atoms with Crippen LogP contribution in [-0.4, -0.2) is 25.8 Å². The summed E-state index contributed by atoms with van der Waals surface area (Å²) in [5, 5.41) is 1.20. The molecule has 0 aromatic carbocycles. The van der Waals surface area contributed by atoms with Gasteiger partial charge in [-0.3, -0.25) is 0 Å². The monoisotopic (exact) mass is 211 g/mol. The maximum absolute atomic E-state index is 12.6. The average Bonchev–Trinajstić information content (AvgIpc) is 2.88. The zero-order valence-corrected chi connectivity index (χ0v) is 9.46. The molecular formula is C10H14FNOSi. The van der Waals surface area contributed by atoms with E-state index in [1.165, 1.54) is 11.3 Å². The molecule has 0 saturated carbocycles. The van der Waals surface area contributed by atoms with Crippen LogP contribution in [0.1, 0.15) is 0 Å². The zero-order valence-electron chi connectivity index (χ0n) is 8.46. The Morgan fingerprint density at radius 2 is 2.29 bits per heavy atom. The van der Waals surface area contributed by atoms with Gasteiger partial charge in [0.1, 0.15) is 0 Å². The minimum absolute atomic E-state index is 0.402. The van der Waals surface area contributed by atoms with Gasteiger partial charge < -0.3 is 4.74 Å². The summed E-state index contributed by atoms with van der Waals surface area (Å²) in [4.78, 5) is 3.70. The molecule has 2 heterocycles. The Hall–Kier alpha value is -0.743.